The summed E-state index contributed by atoms with van der Waals surface area (Å²) in [5.74, 6) is 1.16. The summed E-state index contributed by atoms with van der Waals surface area (Å²) >= 11 is 0. The molecule has 0 aliphatic heterocycles. The molecule has 150 valence electrons. The summed E-state index contributed by atoms with van der Waals surface area (Å²) in [6.45, 7) is 8.17. The molecule has 0 fully saturated rings. The Balaban J connectivity index is 1.91. The Hall–Kier alpha value is -3.02. The van der Waals surface area contributed by atoms with Crippen LogP contribution >= 0.6 is 0 Å². The highest BCUT2D eigenvalue weighted by atomic mass is 16.5. The summed E-state index contributed by atoms with van der Waals surface area (Å²) in [5.41, 5.74) is 8.87. The number of ether oxygens (including phenoxy) is 2. The highest BCUT2D eigenvalue weighted by Gasteiger charge is 2.08. The summed E-state index contributed by atoms with van der Waals surface area (Å²) < 4.78 is 10.6. The molecule has 28 heavy (non-hydrogen) atoms. The van der Waals surface area contributed by atoms with Gasteiger partial charge in [-0.3, -0.25) is 4.79 Å². The first-order valence-electron chi connectivity index (χ1n) is 9.18. The molecule has 2 aromatic rings. The van der Waals surface area contributed by atoms with E-state index >= 15 is 0 Å². The van der Waals surface area contributed by atoms with Crippen LogP contribution in [0.1, 0.15) is 29.2 Å². The third kappa shape index (κ3) is 5.74. The van der Waals surface area contributed by atoms with Gasteiger partial charge in [-0.15, -0.1) is 0 Å². The van der Waals surface area contributed by atoms with Crippen LogP contribution in [0.5, 0.6) is 11.5 Å². The fourth-order valence-electron chi connectivity index (χ4n) is 3.15. The van der Waals surface area contributed by atoms with Gasteiger partial charge in [-0.25, -0.2) is 5.43 Å². The number of rotatable bonds is 8. The van der Waals surface area contributed by atoms with E-state index in [1.165, 1.54) is 5.56 Å². The molecule has 0 saturated heterocycles. The Kier molecular flexibility index (Phi) is 7.44. The van der Waals surface area contributed by atoms with Gasteiger partial charge in [0.2, 0.25) is 0 Å². The van der Waals surface area contributed by atoms with E-state index in [1.54, 1.807) is 14.2 Å². The molecule has 0 atom stereocenters. The third-order valence-electron chi connectivity index (χ3n) is 4.38. The lowest BCUT2D eigenvalue weighted by molar-refractivity contribution is -0.119. The van der Waals surface area contributed by atoms with E-state index in [-0.39, 0.29) is 12.5 Å². The number of aryl methyl sites for hydroxylation is 3. The summed E-state index contributed by atoms with van der Waals surface area (Å²) in [5, 5.41) is 7.39. The lowest BCUT2D eigenvalue weighted by atomic mass is 10.1. The zero-order chi connectivity index (χ0) is 20.7. The number of nitrogens with one attached hydrogen (secondary N) is 2. The molecule has 0 aliphatic carbocycles. The fourth-order valence-corrected chi connectivity index (χ4v) is 3.15. The molecule has 2 rings (SSSR count). The molecular weight excluding hydrogens is 354 g/mol. The van der Waals surface area contributed by atoms with Crippen LogP contribution in [0.4, 0.5) is 5.69 Å². The van der Waals surface area contributed by atoms with E-state index in [0.717, 1.165) is 28.1 Å². The molecule has 2 N–H and O–H groups in total. The topological polar surface area (TPSA) is 72.0 Å². The zero-order valence-corrected chi connectivity index (χ0v) is 17.5. The van der Waals surface area contributed by atoms with E-state index < -0.39 is 0 Å². The molecule has 0 unspecified atom stereocenters. The summed E-state index contributed by atoms with van der Waals surface area (Å²) in [4.78, 5) is 12.1. The molecule has 0 radical (unpaired) electrons. The van der Waals surface area contributed by atoms with Crippen molar-refractivity contribution in [2.24, 2.45) is 5.10 Å². The van der Waals surface area contributed by atoms with Crippen LogP contribution < -0.4 is 20.2 Å². The van der Waals surface area contributed by atoms with Crippen molar-refractivity contribution in [1.82, 2.24) is 5.43 Å². The maximum absolute atomic E-state index is 12.1. The second kappa shape index (κ2) is 9.78. The first-order chi connectivity index (χ1) is 13.3. The van der Waals surface area contributed by atoms with E-state index in [0.29, 0.717) is 17.9 Å². The maximum Gasteiger partial charge on any atom is 0.259 e. The fraction of sp³-hybridized carbons (Fsp3) is 0.364. The minimum atomic E-state index is -0.189. The molecule has 0 aromatic heterocycles. The number of amides is 1. The Morgan fingerprint density at radius 1 is 1.00 bits per heavy atom. The average molecular weight is 383 g/mol. The average Bonchev–Trinajstić information content (AvgIpc) is 2.65. The normalized spacial score (nSPS) is 11.1. The lowest BCUT2D eigenvalue weighted by Crippen LogP contribution is -2.27. The molecule has 0 saturated carbocycles. The van der Waals surface area contributed by atoms with Gasteiger partial charge in [0.25, 0.3) is 5.91 Å². The molecule has 1 amide bonds. The Labute approximate surface area is 166 Å². The molecule has 2 aromatic carbocycles. The van der Waals surface area contributed by atoms with Crippen LogP contribution in [0.2, 0.25) is 0 Å². The molecule has 6 heteroatoms. The van der Waals surface area contributed by atoms with Crippen molar-refractivity contribution >= 4 is 17.3 Å². The number of hydrazone groups is 1. The zero-order valence-electron chi connectivity index (χ0n) is 17.5. The van der Waals surface area contributed by atoms with Crippen molar-refractivity contribution in [3.05, 3.63) is 52.6 Å². The van der Waals surface area contributed by atoms with Gasteiger partial charge in [-0.1, -0.05) is 23.8 Å². The van der Waals surface area contributed by atoms with Crippen molar-refractivity contribution in [3.8, 4) is 11.5 Å². The number of carbonyl (C=O) groups excluding carboxylic acids is 1. The number of hydrogen-bond acceptors (Lipinski definition) is 5. The van der Waals surface area contributed by atoms with Gasteiger partial charge >= 0.3 is 0 Å². The molecule has 0 bridgehead atoms. The molecule has 0 spiro atoms. The smallest absolute Gasteiger partial charge is 0.259 e. The minimum Gasteiger partial charge on any atom is -0.493 e. The third-order valence-corrected chi connectivity index (χ3v) is 4.38. The SMILES string of the molecule is COc1ccc(C/C(C)=N\NC(=O)CNc2c(C)cc(C)cc2C)cc1OC. The van der Waals surface area contributed by atoms with Gasteiger partial charge < -0.3 is 14.8 Å². The van der Waals surface area contributed by atoms with Crippen LogP contribution in [0.25, 0.3) is 0 Å². The summed E-state index contributed by atoms with van der Waals surface area (Å²) in [6, 6.07) is 9.91. The van der Waals surface area contributed by atoms with Gasteiger partial charge in [0.15, 0.2) is 11.5 Å². The second-order valence-corrected chi connectivity index (χ2v) is 6.88. The number of hydrogen-bond donors (Lipinski definition) is 2. The largest absolute Gasteiger partial charge is 0.493 e. The Bertz CT molecular complexity index is 852. The van der Waals surface area contributed by atoms with Crippen LogP contribution in [-0.2, 0) is 11.2 Å². The second-order valence-electron chi connectivity index (χ2n) is 6.88. The van der Waals surface area contributed by atoms with Crippen molar-refractivity contribution < 1.29 is 14.3 Å². The number of methoxy groups -OCH3 is 2. The van der Waals surface area contributed by atoms with Gasteiger partial charge in [-0.2, -0.15) is 5.10 Å². The van der Waals surface area contributed by atoms with Crippen molar-refractivity contribution in [2.75, 3.05) is 26.1 Å². The lowest BCUT2D eigenvalue weighted by Gasteiger charge is -2.13. The van der Waals surface area contributed by atoms with Crippen LogP contribution in [-0.4, -0.2) is 32.4 Å². The Morgan fingerprint density at radius 2 is 1.64 bits per heavy atom. The Morgan fingerprint density at radius 3 is 2.25 bits per heavy atom. The van der Waals surface area contributed by atoms with Crippen molar-refractivity contribution in [1.29, 1.82) is 0 Å². The van der Waals surface area contributed by atoms with Crippen LogP contribution in [0.15, 0.2) is 35.4 Å². The van der Waals surface area contributed by atoms with Crippen LogP contribution in [0.3, 0.4) is 0 Å². The van der Waals surface area contributed by atoms with Gasteiger partial charge in [-0.05, 0) is 56.5 Å². The van der Waals surface area contributed by atoms with E-state index in [9.17, 15) is 4.79 Å². The highest BCUT2D eigenvalue weighted by Crippen LogP contribution is 2.27. The number of carbonyl (C=O) groups is 1. The van der Waals surface area contributed by atoms with Crippen LogP contribution in [0, 0.1) is 20.8 Å². The minimum absolute atomic E-state index is 0.165. The standard InChI is InChI=1S/C22H29N3O3/c1-14-9-15(2)22(16(3)10-14)23-13-21(26)25-24-17(4)11-18-7-8-19(27-5)20(12-18)28-6/h7-10,12,23H,11,13H2,1-6H3,(H,25,26)/b24-17-. The van der Waals surface area contributed by atoms with E-state index in [2.05, 4.69) is 34.9 Å². The quantitative estimate of drug-likeness (QED) is 0.538. The first kappa shape index (κ1) is 21.3. The van der Waals surface area contributed by atoms with Crippen molar-refractivity contribution in [3.63, 3.8) is 0 Å². The van der Waals surface area contributed by atoms with Gasteiger partial charge in [0.1, 0.15) is 0 Å². The summed E-state index contributed by atoms with van der Waals surface area (Å²) in [7, 11) is 3.21. The van der Waals surface area contributed by atoms with E-state index in [1.807, 2.05) is 39.0 Å². The van der Waals surface area contributed by atoms with Crippen molar-refractivity contribution in [2.45, 2.75) is 34.1 Å². The predicted molar refractivity (Wildman–Crippen MR) is 114 cm³/mol. The van der Waals surface area contributed by atoms with Gasteiger partial charge in [0, 0.05) is 17.8 Å². The number of benzene rings is 2. The monoisotopic (exact) mass is 383 g/mol. The number of anilines is 1. The van der Waals surface area contributed by atoms with E-state index in [4.69, 9.17) is 9.47 Å². The summed E-state index contributed by atoms with van der Waals surface area (Å²) in [6.07, 6.45) is 0.601. The maximum atomic E-state index is 12.1. The molecular formula is C22H29N3O3. The first-order valence-corrected chi connectivity index (χ1v) is 9.18. The molecule has 0 heterocycles. The van der Waals surface area contributed by atoms with Gasteiger partial charge in [0.05, 0.1) is 20.8 Å². The predicted octanol–water partition coefficient (Wildman–Crippen LogP) is 3.78. The molecule has 0 aliphatic rings. The number of nitrogens with zero attached hydrogens (tertiary/aromatic N) is 1. The highest BCUT2D eigenvalue weighted by molar-refractivity contribution is 5.87. The molecule has 6 nitrogen and oxygen atoms in total.